The summed E-state index contributed by atoms with van der Waals surface area (Å²) < 4.78 is 8.83. The van der Waals surface area contributed by atoms with Gasteiger partial charge < -0.3 is 9.40 Å². The summed E-state index contributed by atoms with van der Waals surface area (Å²) in [6, 6.07) is 56.4. The van der Waals surface area contributed by atoms with E-state index in [4.69, 9.17) is 14.4 Å². The molecule has 7 aromatic carbocycles. The van der Waals surface area contributed by atoms with Gasteiger partial charge in [-0.15, -0.1) is 0 Å². The van der Waals surface area contributed by atoms with Gasteiger partial charge in [0.1, 0.15) is 17.1 Å². The second-order valence-corrected chi connectivity index (χ2v) is 18.4. The van der Waals surface area contributed by atoms with Gasteiger partial charge in [0.15, 0.2) is 5.58 Å². The largest absolute Gasteiger partial charge is 0.454 e. The Morgan fingerprint density at radius 1 is 0.525 bits per heavy atom. The normalized spacial score (nSPS) is 12.4. The second kappa shape index (κ2) is 13.7. The highest BCUT2D eigenvalue weighted by molar-refractivity contribution is 6.13. The van der Waals surface area contributed by atoms with E-state index in [0.717, 1.165) is 94.6 Å². The van der Waals surface area contributed by atoms with Crippen LogP contribution in [0.2, 0.25) is 0 Å². The van der Waals surface area contributed by atoms with E-state index >= 15 is 0 Å². The predicted molar refractivity (Wildman–Crippen MR) is 255 cm³/mol. The van der Waals surface area contributed by atoms with Crippen molar-refractivity contribution in [2.24, 2.45) is 0 Å². The second-order valence-electron chi connectivity index (χ2n) is 18.4. The lowest BCUT2D eigenvalue weighted by molar-refractivity contribution is 0.590. The van der Waals surface area contributed by atoms with E-state index in [1.165, 1.54) is 21.9 Å². The fourth-order valence-electron chi connectivity index (χ4n) is 9.05. The van der Waals surface area contributed by atoms with Crippen molar-refractivity contribution in [1.29, 1.82) is 0 Å². The van der Waals surface area contributed by atoms with Crippen molar-refractivity contribution in [3.8, 4) is 50.6 Å². The van der Waals surface area contributed by atoms with Crippen molar-refractivity contribution in [1.82, 2.24) is 19.5 Å². The van der Waals surface area contributed by atoms with E-state index in [-0.39, 0.29) is 10.8 Å². The molecule has 4 aromatic heterocycles. The molecule has 0 radical (unpaired) electrons. The van der Waals surface area contributed by atoms with Crippen LogP contribution in [-0.4, -0.2) is 19.5 Å². The van der Waals surface area contributed by atoms with Crippen LogP contribution in [0.5, 0.6) is 0 Å². The fraction of sp³-hybridized carbons (Fsp3) is 0.143. The van der Waals surface area contributed by atoms with Gasteiger partial charge in [0.2, 0.25) is 0 Å². The van der Waals surface area contributed by atoms with Crippen molar-refractivity contribution < 1.29 is 4.42 Å². The standard InChI is InChI=1S/C56H46N4O/c1-55(2,3)37-26-27-46-43(31-37)44-32-38(56(4,5)6)33-45(51(44)58-46)54-59-52-40(22-15-24-48(52)60(54)47-23-12-10-20-39(47)34-16-8-7-9-17-34)35-18-14-19-36(30-35)50-53-42(28-29-57-50)41-21-11-13-25-49(41)61-53/h7-33,58H,1-6H3. The molecule has 0 aliphatic heterocycles. The number of hydrogen-bond donors (Lipinski definition) is 1. The zero-order chi connectivity index (χ0) is 41.6. The average molecular weight is 791 g/mol. The zero-order valence-electron chi connectivity index (χ0n) is 35.3. The highest BCUT2D eigenvalue weighted by Crippen LogP contribution is 2.44. The van der Waals surface area contributed by atoms with Crippen LogP contribution in [0, 0.1) is 0 Å². The monoisotopic (exact) mass is 790 g/mol. The number of nitrogens with zero attached hydrogens (tertiary/aromatic N) is 3. The summed E-state index contributed by atoms with van der Waals surface area (Å²) in [5.41, 5.74) is 16.6. The molecular weight excluding hydrogens is 745 g/mol. The maximum atomic E-state index is 6.45. The average Bonchev–Trinajstić information content (AvgIpc) is 3.97. The molecule has 5 heteroatoms. The third kappa shape index (κ3) is 6.06. The number of nitrogens with one attached hydrogen (secondary N) is 1. The molecule has 0 spiro atoms. The van der Waals surface area contributed by atoms with Gasteiger partial charge in [0.05, 0.1) is 22.2 Å². The van der Waals surface area contributed by atoms with E-state index in [1.807, 2.05) is 24.4 Å². The maximum Gasteiger partial charge on any atom is 0.161 e. The van der Waals surface area contributed by atoms with Gasteiger partial charge in [-0.05, 0) is 87.7 Å². The molecule has 0 saturated carbocycles. The number of furan rings is 1. The number of pyridine rings is 1. The molecular formula is C56H46N4O. The van der Waals surface area contributed by atoms with Gasteiger partial charge in [-0.25, -0.2) is 4.98 Å². The summed E-state index contributed by atoms with van der Waals surface area (Å²) in [5, 5.41) is 4.58. The minimum atomic E-state index is -0.116. The summed E-state index contributed by atoms with van der Waals surface area (Å²) in [4.78, 5) is 14.5. The smallest absolute Gasteiger partial charge is 0.161 e. The molecule has 5 nitrogen and oxygen atoms in total. The first-order chi connectivity index (χ1) is 29.5. The molecule has 4 heterocycles. The van der Waals surface area contributed by atoms with E-state index in [0.29, 0.717) is 0 Å². The quantitative estimate of drug-likeness (QED) is 0.189. The van der Waals surface area contributed by atoms with Crippen molar-refractivity contribution >= 4 is 54.8 Å². The summed E-state index contributed by atoms with van der Waals surface area (Å²) in [5.74, 6) is 0.884. The third-order valence-corrected chi connectivity index (χ3v) is 12.3. The lowest BCUT2D eigenvalue weighted by Gasteiger charge is -2.21. The molecule has 0 bridgehead atoms. The molecule has 0 amide bonds. The van der Waals surface area contributed by atoms with Crippen LogP contribution in [0.1, 0.15) is 52.7 Å². The van der Waals surface area contributed by atoms with Gasteiger partial charge in [0.25, 0.3) is 0 Å². The van der Waals surface area contributed by atoms with Crippen LogP contribution in [0.4, 0.5) is 0 Å². The first kappa shape index (κ1) is 36.8. The molecule has 0 saturated heterocycles. The van der Waals surface area contributed by atoms with E-state index in [1.54, 1.807) is 0 Å². The Labute approximate surface area is 355 Å². The number of rotatable bonds is 5. The van der Waals surface area contributed by atoms with Crippen LogP contribution in [0.15, 0.2) is 168 Å². The number of fused-ring (bicyclic) bond motifs is 7. The van der Waals surface area contributed by atoms with E-state index in [2.05, 4.69) is 191 Å². The molecule has 0 aliphatic carbocycles. The number of imidazole rings is 1. The van der Waals surface area contributed by atoms with E-state index in [9.17, 15) is 0 Å². The molecule has 0 unspecified atom stereocenters. The fourth-order valence-corrected chi connectivity index (χ4v) is 9.05. The summed E-state index contributed by atoms with van der Waals surface area (Å²) >= 11 is 0. The first-order valence-electron chi connectivity index (χ1n) is 21.2. The van der Waals surface area contributed by atoms with Crippen LogP contribution in [0.25, 0.3) is 105 Å². The number of H-pyrrole nitrogens is 1. The van der Waals surface area contributed by atoms with Gasteiger partial charge >= 0.3 is 0 Å². The van der Waals surface area contributed by atoms with Gasteiger partial charge in [-0.1, -0.05) is 145 Å². The molecule has 11 rings (SSSR count). The predicted octanol–water partition coefficient (Wildman–Crippen LogP) is 15.2. The topological polar surface area (TPSA) is 59.6 Å². The van der Waals surface area contributed by atoms with Gasteiger partial charge in [-0.2, -0.15) is 0 Å². The van der Waals surface area contributed by atoms with Gasteiger partial charge in [0, 0.05) is 55.5 Å². The number of hydrogen-bond acceptors (Lipinski definition) is 3. The summed E-state index contributed by atoms with van der Waals surface area (Å²) in [6.07, 6.45) is 1.88. The molecule has 11 aromatic rings. The lowest BCUT2D eigenvalue weighted by atomic mass is 9.84. The number of benzene rings is 7. The molecule has 296 valence electrons. The van der Waals surface area contributed by atoms with Crippen molar-refractivity contribution in [2.75, 3.05) is 0 Å². The number of aromatic nitrogens is 4. The number of para-hydroxylation sites is 3. The van der Waals surface area contributed by atoms with Crippen molar-refractivity contribution in [3.05, 3.63) is 175 Å². The number of aromatic amines is 1. The Morgan fingerprint density at radius 3 is 2.07 bits per heavy atom. The minimum absolute atomic E-state index is 0.0136. The zero-order valence-corrected chi connectivity index (χ0v) is 35.3. The van der Waals surface area contributed by atoms with Crippen LogP contribution < -0.4 is 0 Å². The van der Waals surface area contributed by atoms with Crippen LogP contribution >= 0.6 is 0 Å². The SMILES string of the molecule is CC(C)(C)c1ccc2[nH]c3c(-c4nc5c(-c6cccc(-c7nccc8c7oc7ccccc78)c6)cccc5n4-c4ccccc4-c4ccccc4)cc(C(C)(C)C)cc3c2c1. The highest BCUT2D eigenvalue weighted by atomic mass is 16.3. The molecule has 1 N–H and O–H groups in total. The van der Waals surface area contributed by atoms with E-state index < -0.39 is 0 Å². The summed E-state index contributed by atoms with van der Waals surface area (Å²) in [7, 11) is 0. The third-order valence-electron chi connectivity index (χ3n) is 12.3. The first-order valence-corrected chi connectivity index (χ1v) is 21.2. The molecule has 61 heavy (non-hydrogen) atoms. The molecule has 0 fully saturated rings. The Morgan fingerprint density at radius 2 is 1.23 bits per heavy atom. The maximum absolute atomic E-state index is 6.45. The Balaban J connectivity index is 1.20. The Hall–Kier alpha value is -7.24. The Bertz CT molecular complexity index is 3500. The molecule has 0 atom stereocenters. The molecule has 0 aliphatic rings. The van der Waals surface area contributed by atoms with Crippen molar-refractivity contribution in [2.45, 2.75) is 52.4 Å². The van der Waals surface area contributed by atoms with Crippen LogP contribution in [0.3, 0.4) is 0 Å². The highest BCUT2D eigenvalue weighted by Gasteiger charge is 2.26. The van der Waals surface area contributed by atoms with Gasteiger partial charge in [-0.3, -0.25) is 9.55 Å². The minimum Gasteiger partial charge on any atom is -0.454 e. The van der Waals surface area contributed by atoms with Crippen LogP contribution in [-0.2, 0) is 10.8 Å². The lowest BCUT2D eigenvalue weighted by Crippen LogP contribution is -2.11. The summed E-state index contributed by atoms with van der Waals surface area (Å²) in [6.45, 7) is 13.7. The van der Waals surface area contributed by atoms with Crippen molar-refractivity contribution in [3.63, 3.8) is 0 Å². The Kier molecular flexibility index (Phi) is 8.24.